The number of fused-ring (bicyclic) bond motifs is 1. The number of rotatable bonds is 3. The molecular weight excluding hydrogens is 274 g/mol. The van der Waals surface area contributed by atoms with E-state index in [1.54, 1.807) is 0 Å². The molecule has 0 N–H and O–H groups in total. The Morgan fingerprint density at radius 3 is 2.57 bits per heavy atom. The van der Waals surface area contributed by atoms with E-state index in [4.69, 9.17) is 4.74 Å². The van der Waals surface area contributed by atoms with Crippen LogP contribution in [0.4, 0.5) is 8.78 Å². The summed E-state index contributed by atoms with van der Waals surface area (Å²) >= 11 is 0. The number of ether oxygens (including phenoxy) is 1. The largest absolute Gasteiger partial charge is 0.373 e. The molecule has 1 heterocycles. The van der Waals surface area contributed by atoms with Crippen molar-refractivity contribution >= 4 is 5.78 Å². The topological polar surface area (TPSA) is 26.3 Å². The van der Waals surface area contributed by atoms with E-state index in [0.29, 0.717) is 6.61 Å². The predicted molar refractivity (Wildman–Crippen MR) is 74.1 cm³/mol. The van der Waals surface area contributed by atoms with Crippen molar-refractivity contribution in [2.45, 2.75) is 18.9 Å². The third-order valence-corrected chi connectivity index (χ3v) is 3.70. The van der Waals surface area contributed by atoms with E-state index in [1.165, 1.54) is 6.07 Å². The van der Waals surface area contributed by atoms with E-state index >= 15 is 0 Å². The van der Waals surface area contributed by atoms with Crippen molar-refractivity contribution in [3.8, 4) is 0 Å². The van der Waals surface area contributed by atoms with Crippen LogP contribution in [0.2, 0.25) is 0 Å². The fraction of sp³-hybridized carbons (Fsp3) is 0.235. The number of hydrogen-bond acceptors (Lipinski definition) is 2. The van der Waals surface area contributed by atoms with E-state index in [-0.39, 0.29) is 6.42 Å². The molecule has 1 atom stereocenters. The van der Waals surface area contributed by atoms with Crippen molar-refractivity contribution in [2.24, 2.45) is 0 Å². The van der Waals surface area contributed by atoms with Crippen LogP contribution < -0.4 is 0 Å². The van der Waals surface area contributed by atoms with Gasteiger partial charge in [0.1, 0.15) is 11.6 Å². The molecule has 2 nitrogen and oxygen atoms in total. The lowest BCUT2D eigenvalue weighted by molar-refractivity contribution is 0.0349. The van der Waals surface area contributed by atoms with Crippen LogP contribution in [0.5, 0.6) is 0 Å². The lowest BCUT2D eigenvalue weighted by Gasteiger charge is -2.25. The molecule has 2 aromatic carbocycles. The Morgan fingerprint density at radius 1 is 1.10 bits per heavy atom. The van der Waals surface area contributed by atoms with Crippen molar-refractivity contribution < 1.29 is 18.3 Å². The molecule has 0 spiro atoms. The van der Waals surface area contributed by atoms with Crippen LogP contribution in [-0.2, 0) is 11.2 Å². The Labute approximate surface area is 121 Å². The molecule has 0 radical (unpaired) electrons. The van der Waals surface area contributed by atoms with Gasteiger partial charge in [-0.05, 0) is 29.7 Å². The van der Waals surface area contributed by atoms with Crippen molar-refractivity contribution in [1.29, 1.82) is 0 Å². The van der Waals surface area contributed by atoms with Gasteiger partial charge in [-0.25, -0.2) is 8.78 Å². The molecule has 1 aliphatic rings. The van der Waals surface area contributed by atoms with Crippen LogP contribution in [-0.4, -0.2) is 12.4 Å². The number of hydrogen-bond donors (Lipinski definition) is 0. The van der Waals surface area contributed by atoms with Gasteiger partial charge in [-0.15, -0.1) is 0 Å². The minimum Gasteiger partial charge on any atom is -0.373 e. The first kappa shape index (κ1) is 13.9. The fourth-order valence-corrected chi connectivity index (χ4v) is 2.68. The molecule has 0 amide bonds. The molecule has 21 heavy (non-hydrogen) atoms. The molecule has 0 saturated heterocycles. The molecular formula is C17H14F2O2. The highest BCUT2D eigenvalue weighted by Gasteiger charge is 2.26. The normalized spacial score (nSPS) is 17.3. The summed E-state index contributed by atoms with van der Waals surface area (Å²) in [5.74, 6) is -2.24. The molecule has 2 aromatic rings. The standard InChI is InChI=1S/C17H14F2O2/c18-13-6-3-7-14(19)17(13)15(20)10-16-12-5-2-1-4-11(12)8-9-21-16/h1-7,16H,8-10H2. The Kier molecular flexibility index (Phi) is 3.80. The highest BCUT2D eigenvalue weighted by Crippen LogP contribution is 2.31. The molecule has 1 unspecified atom stereocenters. The quantitative estimate of drug-likeness (QED) is 0.802. The lowest BCUT2D eigenvalue weighted by Crippen LogP contribution is -2.20. The second kappa shape index (κ2) is 5.74. The Morgan fingerprint density at radius 2 is 1.81 bits per heavy atom. The van der Waals surface area contributed by atoms with Crippen molar-refractivity contribution in [1.82, 2.24) is 0 Å². The minimum atomic E-state index is -0.830. The fourth-order valence-electron chi connectivity index (χ4n) is 2.68. The molecule has 0 aliphatic carbocycles. The maximum absolute atomic E-state index is 13.6. The first-order valence-electron chi connectivity index (χ1n) is 6.83. The SMILES string of the molecule is O=C(CC1OCCc2ccccc21)c1c(F)cccc1F. The third-order valence-electron chi connectivity index (χ3n) is 3.70. The van der Waals surface area contributed by atoms with Crippen molar-refractivity contribution in [3.05, 3.63) is 70.8 Å². The first-order valence-corrected chi connectivity index (χ1v) is 6.83. The summed E-state index contributed by atoms with van der Waals surface area (Å²) in [5.41, 5.74) is 1.56. The maximum atomic E-state index is 13.6. The van der Waals surface area contributed by atoms with Crippen LogP contribution in [0.25, 0.3) is 0 Å². The van der Waals surface area contributed by atoms with E-state index < -0.39 is 29.1 Å². The van der Waals surface area contributed by atoms with Crippen LogP contribution in [0.3, 0.4) is 0 Å². The van der Waals surface area contributed by atoms with Crippen molar-refractivity contribution in [3.63, 3.8) is 0 Å². The van der Waals surface area contributed by atoms with Gasteiger partial charge in [0.25, 0.3) is 0 Å². The molecule has 0 aromatic heterocycles. The average molecular weight is 288 g/mol. The summed E-state index contributed by atoms with van der Waals surface area (Å²) in [6, 6.07) is 11.1. The number of carbonyl (C=O) groups excluding carboxylic acids is 1. The van der Waals surface area contributed by atoms with Gasteiger partial charge in [-0.1, -0.05) is 30.3 Å². The van der Waals surface area contributed by atoms with Gasteiger partial charge < -0.3 is 4.74 Å². The lowest BCUT2D eigenvalue weighted by atomic mass is 9.93. The van der Waals surface area contributed by atoms with E-state index in [9.17, 15) is 13.6 Å². The van der Waals surface area contributed by atoms with Gasteiger partial charge in [0.05, 0.1) is 18.3 Å². The highest BCUT2D eigenvalue weighted by molar-refractivity contribution is 5.97. The molecule has 0 saturated carbocycles. The number of ketones is 1. The van der Waals surface area contributed by atoms with E-state index in [0.717, 1.165) is 29.7 Å². The van der Waals surface area contributed by atoms with Crippen LogP contribution in [0.15, 0.2) is 42.5 Å². The number of halogens is 2. The van der Waals surface area contributed by atoms with Gasteiger partial charge in [0.15, 0.2) is 5.78 Å². The summed E-state index contributed by atoms with van der Waals surface area (Å²) in [6.45, 7) is 0.509. The number of Topliss-reactive ketones (excluding diaryl/α,β-unsaturated/α-hetero) is 1. The average Bonchev–Trinajstić information content (AvgIpc) is 2.47. The number of benzene rings is 2. The summed E-state index contributed by atoms with van der Waals surface area (Å²) < 4.78 is 32.9. The first-order chi connectivity index (χ1) is 10.2. The van der Waals surface area contributed by atoms with Gasteiger partial charge >= 0.3 is 0 Å². The van der Waals surface area contributed by atoms with Crippen molar-refractivity contribution in [2.75, 3.05) is 6.61 Å². The minimum absolute atomic E-state index is 0.0606. The van der Waals surface area contributed by atoms with Crippen LogP contribution >= 0.6 is 0 Å². The third kappa shape index (κ3) is 2.72. The molecule has 3 rings (SSSR count). The van der Waals surface area contributed by atoms with Crippen LogP contribution in [0.1, 0.15) is 34.0 Å². The Hall–Kier alpha value is -2.07. The number of carbonyl (C=O) groups is 1. The second-order valence-electron chi connectivity index (χ2n) is 5.03. The summed E-state index contributed by atoms with van der Waals surface area (Å²) in [4.78, 5) is 12.2. The zero-order valence-electron chi connectivity index (χ0n) is 11.3. The zero-order chi connectivity index (χ0) is 14.8. The monoisotopic (exact) mass is 288 g/mol. The molecule has 108 valence electrons. The summed E-state index contributed by atoms with van der Waals surface area (Å²) in [7, 11) is 0. The smallest absolute Gasteiger partial charge is 0.171 e. The summed E-state index contributed by atoms with van der Waals surface area (Å²) in [6.07, 6.45) is 0.283. The molecule has 0 bridgehead atoms. The second-order valence-corrected chi connectivity index (χ2v) is 5.03. The van der Waals surface area contributed by atoms with Gasteiger partial charge in [-0.2, -0.15) is 0 Å². The van der Waals surface area contributed by atoms with Crippen LogP contribution in [0, 0.1) is 11.6 Å². The highest BCUT2D eigenvalue weighted by atomic mass is 19.1. The Bertz CT molecular complexity index is 662. The van der Waals surface area contributed by atoms with Gasteiger partial charge in [0.2, 0.25) is 0 Å². The van der Waals surface area contributed by atoms with Gasteiger partial charge in [0, 0.05) is 6.42 Å². The van der Waals surface area contributed by atoms with E-state index in [1.807, 2.05) is 24.3 Å². The predicted octanol–water partition coefficient (Wildman–Crippen LogP) is 3.85. The molecule has 0 fully saturated rings. The van der Waals surface area contributed by atoms with Gasteiger partial charge in [-0.3, -0.25) is 4.79 Å². The van der Waals surface area contributed by atoms with E-state index in [2.05, 4.69) is 0 Å². The summed E-state index contributed by atoms with van der Waals surface area (Å²) in [5, 5.41) is 0. The maximum Gasteiger partial charge on any atom is 0.171 e. The Balaban J connectivity index is 1.86. The molecule has 1 aliphatic heterocycles. The molecule has 4 heteroatoms. The zero-order valence-corrected chi connectivity index (χ0v) is 11.3.